The minimum absolute atomic E-state index is 0.714. The maximum atomic E-state index is 5.69. The fourth-order valence-electron chi connectivity index (χ4n) is 1.62. The quantitative estimate of drug-likeness (QED) is 0.705. The van der Waals surface area contributed by atoms with E-state index in [0.29, 0.717) is 5.92 Å². The molecule has 0 aliphatic carbocycles. The predicted octanol–water partition coefficient (Wildman–Crippen LogP) is 3.01. The van der Waals surface area contributed by atoms with Crippen LogP contribution >= 0.6 is 15.9 Å². The molecule has 0 aliphatic heterocycles. The van der Waals surface area contributed by atoms with Gasteiger partial charge in [-0.3, -0.25) is 0 Å². The summed E-state index contributed by atoms with van der Waals surface area (Å²) in [6.45, 7) is 9.29. The molecule has 1 rings (SSSR count). The molecule has 19 heavy (non-hydrogen) atoms. The van der Waals surface area contributed by atoms with Gasteiger partial charge in [-0.15, -0.1) is 0 Å². The van der Waals surface area contributed by atoms with Crippen LogP contribution in [0.5, 0.6) is 5.75 Å². The zero-order valence-corrected chi connectivity index (χ0v) is 13.7. The summed E-state index contributed by atoms with van der Waals surface area (Å²) in [5.74, 6) is 1.64. The number of nitrogens with zero attached hydrogens (tertiary/aromatic N) is 1. The lowest BCUT2D eigenvalue weighted by Gasteiger charge is -2.17. The van der Waals surface area contributed by atoms with E-state index >= 15 is 0 Å². The monoisotopic (exact) mass is 328 g/mol. The van der Waals surface area contributed by atoms with E-state index in [1.54, 1.807) is 0 Å². The Kier molecular flexibility index (Phi) is 8.10. The molecule has 108 valence electrons. The zero-order chi connectivity index (χ0) is 14.1. The molecule has 0 unspecified atom stereocenters. The Hall–Kier alpha value is -0.580. The van der Waals surface area contributed by atoms with Gasteiger partial charge in [0.15, 0.2) is 0 Å². The molecule has 0 saturated heterocycles. The van der Waals surface area contributed by atoms with Crippen LogP contribution in [0.1, 0.15) is 13.8 Å². The van der Waals surface area contributed by atoms with Crippen molar-refractivity contribution in [2.45, 2.75) is 13.8 Å². The van der Waals surface area contributed by atoms with Gasteiger partial charge in [0.1, 0.15) is 12.4 Å². The first-order valence-electron chi connectivity index (χ1n) is 6.85. The molecule has 0 spiro atoms. The minimum atomic E-state index is 0.714. The minimum Gasteiger partial charge on any atom is -0.492 e. The number of likely N-dealkylation sites (N-methyl/N-ethyl adjacent to an activating group) is 1. The SMILES string of the molecule is CC(C)CNCCN(C)CCOc1ccc(Br)cc1. The van der Waals surface area contributed by atoms with Gasteiger partial charge in [-0.2, -0.15) is 0 Å². The largest absolute Gasteiger partial charge is 0.492 e. The summed E-state index contributed by atoms with van der Waals surface area (Å²) in [6.07, 6.45) is 0. The summed E-state index contributed by atoms with van der Waals surface area (Å²) in [7, 11) is 2.13. The molecule has 0 aliphatic rings. The smallest absolute Gasteiger partial charge is 0.119 e. The van der Waals surface area contributed by atoms with Gasteiger partial charge in [-0.1, -0.05) is 29.8 Å². The van der Waals surface area contributed by atoms with Crippen molar-refractivity contribution in [2.24, 2.45) is 5.92 Å². The van der Waals surface area contributed by atoms with Crippen molar-refractivity contribution in [2.75, 3.05) is 39.8 Å². The van der Waals surface area contributed by atoms with Gasteiger partial charge in [0.05, 0.1) is 0 Å². The van der Waals surface area contributed by atoms with E-state index in [-0.39, 0.29) is 0 Å². The normalized spacial score (nSPS) is 11.3. The fourth-order valence-corrected chi connectivity index (χ4v) is 1.89. The lowest BCUT2D eigenvalue weighted by molar-refractivity contribution is 0.237. The predicted molar refractivity (Wildman–Crippen MR) is 84.8 cm³/mol. The maximum absolute atomic E-state index is 5.69. The van der Waals surface area contributed by atoms with E-state index in [9.17, 15) is 0 Å². The van der Waals surface area contributed by atoms with Gasteiger partial charge < -0.3 is 15.0 Å². The van der Waals surface area contributed by atoms with Crippen LogP contribution in [-0.2, 0) is 0 Å². The zero-order valence-electron chi connectivity index (χ0n) is 12.2. The van der Waals surface area contributed by atoms with Gasteiger partial charge in [0, 0.05) is 24.1 Å². The van der Waals surface area contributed by atoms with Crippen LogP contribution in [0.3, 0.4) is 0 Å². The third-order valence-corrected chi connectivity index (χ3v) is 3.31. The molecular weight excluding hydrogens is 304 g/mol. The van der Waals surface area contributed by atoms with Crippen molar-refractivity contribution in [3.8, 4) is 5.75 Å². The van der Waals surface area contributed by atoms with Crippen molar-refractivity contribution in [3.63, 3.8) is 0 Å². The number of rotatable bonds is 9. The third kappa shape index (κ3) is 8.24. The van der Waals surface area contributed by atoms with Crippen molar-refractivity contribution in [1.82, 2.24) is 10.2 Å². The van der Waals surface area contributed by atoms with E-state index in [2.05, 4.69) is 47.0 Å². The molecular formula is C15H25BrN2O. The molecule has 1 N–H and O–H groups in total. The summed E-state index contributed by atoms with van der Waals surface area (Å²) in [5.41, 5.74) is 0. The molecule has 0 radical (unpaired) electrons. The molecule has 0 amide bonds. The summed E-state index contributed by atoms with van der Waals surface area (Å²) >= 11 is 3.41. The van der Waals surface area contributed by atoms with E-state index in [0.717, 1.165) is 43.0 Å². The third-order valence-electron chi connectivity index (χ3n) is 2.78. The highest BCUT2D eigenvalue weighted by Gasteiger charge is 2.00. The molecule has 0 saturated carbocycles. The average Bonchev–Trinajstić information content (AvgIpc) is 2.37. The van der Waals surface area contributed by atoms with Crippen LogP contribution in [0.25, 0.3) is 0 Å². The number of hydrogen-bond acceptors (Lipinski definition) is 3. The number of nitrogens with one attached hydrogen (secondary N) is 1. The van der Waals surface area contributed by atoms with Crippen molar-refractivity contribution in [3.05, 3.63) is 28.7 Å². The first-order chi connectivity index (χ1) is 9.08. The second-order valence-corrected chi connectivity index (χ2v) is 6.12. The van der Waals surface area contributed by atoms with Crippen LogP contribution in [-0.4, -0.2) is 44.7 Å². The van der Waals surface area contributed by atoms with E-state index < -0.39 is 0 Å². The molecule has 0 aromatic heterocycles. The summed E-state index contributed by atoms with van der Waals surface area (Å²) in [6, 6.07) is 7.95. The Morgan fingerprint density at radius 1 is 1.21 bits per heavy atom. The van der Waals surface area contributed by atoms with Crippen molar-refractivity contribution in [1.29, 1.82) is 0 Å². The Balaban J connectivity index is 2.06. The molecule has 0 atom stereocenters. The maximum Gasteiger partial charge on any atom is 0.119 e. The molecule has 1 aromatic rings. The van der Waals surface area contributed by atoms with E-state index in [4.69, 9.17) is 4.74 Å². The molecule has 1 aromatic carbocycles. The van der Waals surface area contributed by atoms with Gasteiger partial charge >= 0.3 is 0 Å². The lowest BCUT2D eigenvalue weighted by atomic mass is 10.2. The Bertz CT molecular complexity index is 341. The highest BCUT2D eigenvalue weighted by Crippen LogP contribution is 2.15. The van der Waals surface area contributed by atoms with Gasteiger partial charge in [-0.25, -0.2) is 0 Å². The molecule has 0 heterocycles. The second kappa shape index (κ2) is 9.34. The first kappa shape index (κ1) is 16.5. The molecule has 4 heteroatoms. The van der Waals surface area contributed by atoms with E-state index in [1.807, 2.05) is 24.3 Å². The number of ether oxygens (including phenoxy) is 1. The first-order valence-corrected chi connectivity index (χ1v) is 7.65. The summed E-state index contributed by atoms with van der Waals surface area (Å²) < 4.78 is 6.77. The summed E-state index contributed by atoms with van der Waals surface area (Å²) in [4.78, 5) is 2.28. The second-order valence-electron chi connectivity index (χ2n) is 5.20. The Morgan fingerprint density at radius 2 is 1.89 bits per heavy atom. The number of benzene rings is 1. The molecule has 0 fully saturated rings. The van der Waals surface area contributed by atoms with Crippen molar-refractivity contribution >= 4 is 15.9 Å². The van der Waals surface area contributed by atoms with Crippen molar-refractivity contribution < 1.29 is 4.74 Å². The Labute approximate surface area is 125 Å². The van der Waals surface area contributed by atoms with E-state index in [1.165, 1.54) is 0 Å². The molecule has 0 bridgehead atoms. The summed E-state index contributed by atoms with van der Waals surface area (Å²) in [5, 5.41) is 3.44. The van der Waals surface area contributed by atoms with Crippen LogP contribution in [0.4, 0.5) is 0 Å². The highest BCUT2D eigenvalue weighted by atomic mass is 79.9. The number of hydrogen-bond donors (Lipinski definition) is 1. The van der Waals surface area contributed by atoms with Gasteiger partial charge in [-0.05, 0) is 43.8 Å². The average molecular weight is 329 g/mol. The number of halogens is 1. The standard InChI is InChI=1S/C15H25BrN2O/c1-13(2)12-17-8-9-18(3)10-11-19-15-6-4-14(16)5-7-15/h4-7,13,17H,8-12H2,1-3H3. The fraction of sp³-hybridized carbons (Fsp3) is 0.600. The van der Waals surface area contributed by atoms with Crippen LogP contribution in [0.2, 0.25) is 0 Å². The van der Waals surface area contributed by atoms with Gasteiger partial charge in [0.2, 0.25) is 0 Å². The van der Waals surface area contributed by atoms with Crippen LogP contribution < -0.4 is 10.1 Å². The highest BCUT2D eigenvalue weighted by molar-refractivity contribution is 9.10. The van der Waals surface area contributed by atoms with Crippen LogP contribution in [0, 0.1) is 5.92 Å². The molecule has 3 nitrogen and oxygen atoms in total. The van der Waals surface area contributed by atoms with Gasteiger partial charge in [0.25, 0.3) is 0 Å². The van der Waals surface area contributed by atoms with Crippen LogP contribution in [0.15, 0.2) is 28.7 Å². The topological polar surface area (TPSA) is 24.5 Å². The lowest BCUT2D eigenvalue weighted by Crippen LogP contribution is -2.33. The Morgan fingerprint density at radius 3 is 2.53 bits per heavy atom.